The molecule has 0 saturated heterocycles. The first-order chi connectivity index (χ1) is 8.58. The molecule has 0 atom stereocenters. The Morgan fingerprint density at radius 3 is 3.00 bits per heavy atom. The molecule has 6 heteroatoms. The maximum Gasteiger partial charge on any atom is 0.339 e. The van der Waals surface area contributed by atoms with Crippen LogP contribution in [0.3, 0.4) is 0 Å². The molecule has 0 aliphatic carbocycles. The Bertz CT molecular complexity index is 583. The van der Waals surface area contributed by atoms with Gasteiger partial charge in [-0.1, -0.05) is 6.07 Å². The molecule has 0 fully saturated rings. The molecule has 1 N–H and O–H groups in total. The van der Waals surface area contributed by atoms with E-state index in [0.29, 0.717) is 11.4 Å². The van der Waals surface area contributed by atoms with Crippen LogP contribution in [0, 0.1) is 5.82 Å². The van der Waals surface area contributed by atoms with Gasteiger partial charge in [-0.2, -0.15) is 5.10 Å². The molecule has 2 aromatic rings. The summed E-state index contributed by atoms with van der Waals surface area (Å²) in [7, 11) is 1.69. The molecule has 1 aromatic carbocycles. The van der Waals surface area contributed by atoms with E-state index >= 15 is 0 Å². The van der Waals surface area contributed by atoms with Crippen LogP contribution in [0.4, 0.5) is 4.39 Å². The van der Waals surface area contributed by atoms with Crippen molar-refractivity contribution < 1.29 is 14.3 Å². The predicted molar refractivity (Wildman–Crippen MR) is 66.1 cm³/mol. The molecule has 4 nitrogen and oxygen atoms in total. The van der Waals surface area contributed by atoms with E-state index in [2.05, 4.69) is 5.10 Å². The molecule has 2 rings (SSSR count). The van der Waals surface area contributed by atoms with E-state index in [1.54, 1.807) is 19.2 Å². The van der Waals surface area contributed by atoms with Gasteiger partial charge >= 0.3 is 5.97 Å². The molecule has 0 radical (unpaired) electrons. The number of halogens is 1. The van der Waals surface area contributed by atoms with Gasteiger partial charge in [0.25, 0.3) is 0 Å². The van der Waals surface area contributed by atoms with Crippen LogP contribution in [-0.4, -0.2) is 20.9 Å². The van der Waals surface area contributed by atoms with Crippen molar-refractivity contribution in [3.8, 4) is 0 Å². The smallest absolute Gasteiger partial charge is 0.339 e. The monoisotopic (exact) mass is 266 g/mol. The Morgan fingerprint density at radius 1 is 1.56 bits per heavy atom. The molecule has 0 spiro atoms. The summed E-state index contributed by atoms with van der Waals surface area (Å²) in [4.78, 5) is 11.7. The summed E-state index contributed by atoms with van der Waals surface area (Å²) >= 11 is 1.37. The highest BCUT2D eigenvalue weighted by molar-refractivity contribution is 7.98. The fraction of sp³-hybridized carbons (Fsp3) is 0.167. The number of rotatable bonds is 4. The van der Waals surface area contributed by atoms with Crippen LogP contribution in [0.1, 0.15) is 16.1 Å². The average molecular weight is 266 g/mol. The first-order valence-corrected chi connectivity index (χ1v) is 6.19. The number of carboxylic acid groups (broad SMARTS) is 1. The summed E-state index contributed by atoms with van der Waals surface area (Å²) in [6.07, 6.45) is 1.32. The van der Waals surface area contributed by atoms with Crippen LogP contribution in [0.5, 0.6) is 0 Å². The van der Waals surface area contributed by atoms with Gasteiger partial charge in [0, 0.05) is 17.7 Å². The molecule has 0 bridgehead atoms. The van der Waals surface area contributed by atoms with Crippen molar-refractivity contribution in [3.63, 3.8) is 0 Å². The molecule has 1 heterocycles. The van der Waals surface area contributed by atoms with Gasteiger partial charge in [0.15, 0.2) is 0 Å². The number of nitrogens with zero attached hydrogens (tertiary/aromatic N) is 2. The minimum Gasteiger partial charge on any atom is -0.478 e. The van der Waals surface area contributed by atoms with Gasteiger partial charge in [-0.25, -0.2) is 9.18 Å². The van der Waals surface area contributed by atoms with E-state index in [4.69, 9.17) is 5.11 Å². The normalized spacial score (nSPS) is 10.6. The Kier molecular flexibility index (Phi) is 3.66. The number of carboxylic acids is 1. The van der Waals surface area contributed by atoms with E-state index in [1.165, 1.54) is 34.8 Å². The van der Waals surface area contributed by atoms with Gasteiger partial charge < -0.3 is 5.11 Å². The zero-order valence-corrected chi connectivity index (χ0v) is 10.4. The van der Waals surface area contributed by atoms with E-state index in [9.17, 15) is 9.18 Å². The number of aromatic carboxylic acids is 1. The summed E-state index contributed by atoms with van der Waals surface area (Å²) in [6, 6.07) is 6.20. The summed E-state index contributed by atoms with van der Waals surface area (Å²) < 4.78 is 14.5. The number of carbonyl (C=O) groups is 1. The van der Waals surface area contributed by atoms with Crippen LogP contribution in [-0.2, 0) is 12.8 Å². The van der Waals surface area contributed by atoms with Gasteiger partial charge in [-0.3, -0.25) is 4.68 Å². The van der Waals surface area contributed by atoms with Gasteiger partial charge in [0.2, 0.25) is 0 Å². The fourth-order valence-corrected chi connectivity index (χ4v) is 2.54. The minimum atomic E-state index is -1.00. The average Bonchev–Trinajstić information content (AvgIpc) is 2.68. The largest absolute Gasteiger partial charge is 0.478 e. The third kappa shape index (κ3) is 2.70. The van der Waals surface area contributed by atoms with Gasteiger partial charge in [-0.05, 0) is 18.2 Å². The second-order valence-electron chi connectivity index (χ2n) is 3.68. The van der Waals surface area contributed by atoms with Gasteiger partial charge in [0.05, 0.1) is 11.9 Å². The van der Waals surface area contributed by atoms with E-state index in [1.807, 2.05) is 0 Å². The Morgan fingerprint density at radius 2 is 2.33 bits per heavy atom. The van der Waals surface area contributed by atoms with Crippen LogP contribution in [0.2, 0.25) is 0 Å². The second kappa shape index (κ2) is 5.22. The van der Waals surface area contributed by atoms with E-state index in [0.717, 1.165) is 4.90 Å². The summed E-state index contributed by atoms with van der Waals surface area (Å²) in [5.74, 6) is -0.872. The highest BCUT2D eigenvalue weighted by Gasteiger charge is 2.14. The maximum absolute atomic E-state index is 13.0. The number of hydrogen-bond acceptors (Lipinski definition) is 3. The van der Waals surface area contributed by atoms with E-state index in [-0.39, 0.29) is 11.4 Å². The Balaban J connectivity index is 2.15. The Hall–Kier alpha value is -1.82. The highest BCUT2D eigenvalue weighted by atomic mass is 32.2. The molecule has 0 unspecified atom stereocenters. The number of thioether (sulfide) groups is 1. The van der Waals surface area contributed by atoms with Crippen LogP contribution >= 0.6 is 11.8 Å². The second-order valence-corrected chi connectivity index (χ2v) is 4.73. The molecule has 18 heavy (non-hydrogen) atoms. The topological polar surface area (TPSA) is 55.1 Å². The molecular weight excluding hydrogens is 255 g/mol. The van der Waals surface area contributed by atoms with E-state index < -0.39 is 5.97 Å². The minimum absolute atomic E-state index is 0.182. The predicted octanol–water partition coefficient (Wildman–Crippen LogP) is 2.55. The molecular formula is C12H11FN2O2S. The number of benzene rings is 1. The van der Waals surface area contributed by atoms with Crippen molar-refractivity contribution in [2.45, 2.75) is 10.6 Å². The lowest BCUT2D eigenvalue weighted by Crippen LogP contribution is -2.03. The van der Waals surface area contributed by atoms with Crippen molar-refractivity contribution in [2.75, 3.05) is 0 Å². The fourth-order valence-electron chi connectivity index (χ4n) is 1.52. The summed E-state index contributed by atoms with van der Waals surface area (Å²) in [5, 5.41) is 12.9. The quantitative estimate of drug-likeness (QED) is 0.864. The lowest BCUT2D eigenvalue weighted by atomic mass is 10.3. The third-order valence-corrected chi connectivity index (χ3v) is 3.47. The highest BCUT2D eigenvalue weighted by Crippen LogP contribution is 2.24. The molecule has 0 saturated carbocycles. The third-order valence-electron chi connectivity index (χ3n) is 2.46. The molecule has 1 aromatic heterocycles. The zero-order valence-electron chi connectivity index (χ0n) is 9.63. The number of aromatic nitrogens is 2. The first-order valence-electron chi connectivity index (χ1n) is 5.20. The lowest BCUT2D eigenvalue weighted by Gasteiger charge is -2.04. The van der Waals surface area contributed by atoms with Crippen molar-refractivity contribution >= 4 is 17.7 Å². The van der Waals surface area contributed by atoms with Gasteiger partial charge in [-0.15, -0.1) is 11.8 Å². The van der Waals surface area contributed by atoms with Crippen LogP contribution in [0.25, 0.3) is 0 Å². The molecule has 0 aliphatic rings. The zero-order chi connectivity index (χ0) is 13.1. The molecule has 94 valence electrons. The summed E-state index contributed by atoms with van der Waals surface area (Å²) in [5.41, 5.74) is 0.790. The van der Waals surface area contributed by atoms with Crippen molar-refractivity contribution in [1.82, 2.24) is 9.78 Å². The van der Waals surface area contributed by atoms with Crippen molar-refractivity contribution in [3.05, 3.63) is 47.5 Å². The van der Waals surface area contributed by atoms with Gasteiger partial charge in [0.1, 0.15) is 11.4 Å². The summed E-state index contributed by atoms with van der Waals surface area (Å²) in [6.45, 7) is 0. The van der Waals surface area contributed by atoms with Crippen molar-refractivity contribution in [2.24, 2.45) is 7.05 Å². The maximum atomic E-state index is 13.0. The first kappa shape index (κ1) is 12.6. The van der Waals surface area contributed by atoms with Crippen LogP contribution < -0.4 is 0 Å². The molecule has 0 aliphatic heterocycles. The van der Waals surface area contributed by atoms with Crippen molar-refractivity contribution in [1.29, 1.82) is 0 Å². The number of aryl methyl sites for hydroxylation is 1. The Labute approximate surface area is 107 Å². The lowest BCUT2D eigenvalue weighted by molar-refractivity contribution is 0.0696. The standard InChI is InChI=1S/C12H11FN2O2S/c1-15-11(10(6-14-15)12(16)17)7-18-9-4-2-3-8(13)5-9/h2-6H,7H2,1H3,(H,16,17). The van der Waals surface area contributed by atoms with Crippen LogP contribution in [0.15, 0.2) is 35.4 Å². The SMILES string of the molecule is Cn1ncc(C(=O)O)c1CSc1cccc(F)c1. The molecule has 0 amide bonds. The number of hydrogen-bond donors (Lipinski definition) is 1.